The first kappa shape index (κ1) is 12.1. The van der Waals surface area contributed by atoms with E-state index in [2.05, 4.69) is 0 Å². The third-order valence-corrected chi connectivity index (χ3v) is 2.07. The summed E-state index contributed by atoms with van der Waals surface area (Å²) in [5, 5.41) is 8.34. The van der Waals surface area contributed by atoms with E-state index in [1.165, 1.54) is 12.1 Å². The molecule has 0 heterocycles. The smallest absolute Gasteiger partial charge is 0.372 e. The second-order valence-electron chi connectivity index (χ2n) is 3.23. The summed E-state index contributed by atoms with van der Waals surface area (Å²) in [6.07, 6.45) is -0.614. The number of hydrogen-bond donors (Lipinski definition) is 2. The lowest BCUT2D eigenvalue weighted by atomic mass is 10.0. The number of rotatable bonds is 5. The zero-order valence-corrected chi connectivity index (χ0v) is 8.47. The van der Waals surface area contributed by atoms with Crippen LogP contribution in [-0.4, -0.2) is 22.6 Å². The third-order valence-electron chi connectivity index (χ3n) is 2.07. The zero-order chi connectivity index (χ0) is 12.1. The van der Waals surface area contributed by atoms with E-state index in [4.69, 9.17) is 10.8 Å². The number of carbonyl (C=O) groups excluding carboxylic acids is 2. The summed E-state index contributed by atoms with van der Waals surface area (Å²) in [6.45, 7) is 0.364. The van der Waals surface area contributed by atoms with Crippen molar-refractivity contribution in [3.05, 3.63) is 35.4 Å². The van der Waals surface area contributed by atoms with Gasteiger partial charge >= 0.3 is 5.97 Å². The molecule has 84 valence electrons. The SMILES string of the molecule is NCc1ccc(C(=O)CC(=O)C(=O)O)cc1. The fourth-order valence-corrected chi connectivity index (χ4v) is 1.15. The van der Waals surface area contributed by atoms with Gasteiger partial charge in [0.2, 0.25) is 5.78 Å². The third kappa shape index (κ3) is 2.99. The highest BCUT2D eigenvalue weighted by atomic mass is 16.4. The van der Waals surface area contributed by atoms with Gasteiger partial charge in [0.05, 0.1) is 6.42 Å². The van der Waals surface area contributed by atoms with E-state index in [-0.39, 0.29) is 0 Å². The van der Waals surface area contributed by atoms with E-state index in [0.29, 0.717) is 12.1 Å². The fourth-order valence-electron chi connectivity index (χ4n) is 1.15. The molecule has 0 aliphatic carbocycles. The van der Waals surface area contributed by atoms with Gasteiger partial charge in [0, 0.05) is 12.1 Å². The first-order chi connectivity index (χ1) is 7.54. The van der Waals surface area contributed by atoms with Crippen LogP contribution >= 0.6 is 0 Å². The molecule has 0 radical (unpaired) electrons. The molecule has 0 aliphatic heterocycles. The topological polar surface area (TPSA) is 97.5 Å². The van der Waals surface area contributed by atoms with Crippen molar-refractivity contribution in [3.63, 3.8) is 0 Å². The highest BCUT2D eigenvalue weighted by Gasteiger charge is 2.17. The fraction of sp³-hybridized carbons (Fsp3) is 0.182. The van der Waals surface area contributed by atoms with Crippen LogP contribution in [0, 0.1) is 0 Å². The average molecular weight is 221 g/mol. The van der Waals surface area contributed by atoms with Gasteiger partial charge in [-0.15, -0.1) is 0 Å². The van der Waals surface area contributed by atoms with Crippen molar-refractivity contribution in [3.8, 4) is 0 Å². The molecule has 0 saturated carbocycles. The van der Waals surface area contributed by atoms with Crippen LogP contribution in [-0.2, 0) is 16.1 Å². The molecule has 0 atom stereocenters. The van der Waals surface area contributed by atoms with E-state index in [1.807, 2.05) is 0 Å². The second-order valence-corrected chi connectivity index (χ2v) is 3.23. The Morgan fingerprint density at radius 2 is 1.69 bits per heavy atom. The van der Waals surface area contributed by atoms with Crippen molar-refractivity contribution < 1.29 is 19.5 Å². The summed E-state index contributed by atoms with van der Waals surface area (Å²) >= 11 is 0. The number of hydrogen-bond acceptors (Lipinski definition) is 4. The van der Waals surface area contributed by atoms with Crippen molar-refractivity contribution in [2.75, 3.05) is 0 Å². The molecule has 5 heteroatoms. The number of carbonyl (C=O) groups is 3. The summed E-state index contributed by atoms with van der Waals surface area (Å²) in [4.78, 5) is 32.5. The minimum Gasteiger partial charge on any atom is -0.475 e. The number of Topliss-reactive ketones (excluding diaryl/α,β-unsaturated/α-hetero) is 2. The lowest BCUT2D eigenvalue weighted by Crippen LogP contribution is -2.17. The van der Waals surface area contributed by atoms with Gasteiger partial charge < -0.3 is 10.8 Å². The number of benzene rings is 1. The molecule has 16 heavy (non-hydrogen) atoms. The van der Waals surface area contributed by atoms with Crippen LogP contribution in [0.25, 0.3) is 0 Å². The van der Waals surface area contributed by atoms with Crippen LogP contribution in [0.4, 0.5) is 0 Å². The molecule has 0 amide bonds. The Balaban J connectivity index is 2.73. The van der Waals surface area contributed by atoms with Crippen molar-refractivity contribution >= 4 is 17.5 Å². The van der Waals surface area contributed by atoms with E-state index in [9.17, 15) is 14.4 Å². The highest BCUT2D eigenvalue weighted by molar-refractivity contribution is 6.37. The quantitative estimate of drug-likeness (QED) is 0.425. The Kier molecular flexibility index (Phi) is 3.90. The zero-order valence-electron chi connectivity index (χ0n) is 8.47. The number of ketones is 2. The molecular weight excluding hydrogens is 210 g/mol. The summed E-state index contributed by atoms with van der Waals surface area (Å²) < 4.78 is 0. The maximum Gasteiger partial charge on any atom is 0.372 e. The van der Waals surface area contributed by atoms with E-state index >= 15 is 0 Å². The highest BCUT2D eigenvalue weighted by Crippen LogP contribution is 2.07. The normalized spacial score (nSPS) is 9.81. The molecule has 1 aromatic carbocycles. The summed E-state index contributed by atoms with van der Waals surface area (Å²) in [7, 11) is 0. The van der Waals surface area contributed by atoms with Gasteiger partial charge in [-0.3, -0.25) is 9.59 Å². The minimum absolute atomic E-state index is 0.312. The Labute approximate surface area is 91.9 Å². The Morgan fingerprint density at radius 1 is 1.12 bits per heavy atom. The summed E-state index contributed by atoms with van der Waals surface area (Å²) in [5.74, 6) is -3.20. The van der Waals surface area contributed by atoms with E-state index in [0.717, 1.165) is 5.56 Å². The lowest BCUT2D eigenvalue weighted by Gasteiger charge is -2.00. The van der Waals surface area contributed by atoms with Crippen molar-refractivity contribution in [1.29, 1.82) is 0 Å². The lowest BCUT2D eigenvalue weighted by molar-refractivity contribution is -0.148. The predicted octanol–water partition coefficient (Wildman–Crippen LogP) is 0.372. The van der Waals surface area contributed by atoms with Gasteiger partial charge in [-0.2, -0.15) is 0 Å². The van der Waals surface area contributed by atoms with Gasteiger partial charge in [0.1, 0.15) is 0 Å². The molecule has 5 nitrogen and oxygen atoms in total. The van der Waals surface area contributed by atoms with Crippen molar-refractivity contribution in [1.82, 2.24) is 0 Å². The molecule has 0 bridgehead atoms. The van der Waals surface area contributed by atoms with Gasteiger partial charge in [-0.05, 0) is 5.56 Å². The van der Waals surface area contributed by atoms with Gasteiger partial charge in [-0.1, -0.05) is 24.3 Å². The van der Waals surface area contributed by atoms with Crippen LogP contribution in [0.3, 0.4) is 0 Å². The molecule has 0 unspecified atom stereocenters. The maximum atomic E-state index is 11.4. The van der Waals surface area contributed by atoms with Gasteiger partial charge in [0.15, 0.2) is 5.78 Å². The van der Waals surface area contributed by atoms with Crippen LogP contribution < -0.4 is 5.73 Å². The molecule has 0 saturated heterocycles. The molecular formula is C11H11NO4. The van der Waals surface area contributed by atoms with Crippen molar-refractivity contribution in [2.24, 2.45) is 5.73 Å². The van der Waals surface area contributed by atoms with Gasteiger partial charge in [-0.25, -0.2) is 4.79 Å². The molecule has 0 aromatic heterocycles. The van der Waals surface area contributed by atoms with Gasteiger partial charge in [0.25, 0.3) is 0 Å². The first-order valence-electron chi connectivity index (χ1n) is 4.63. The number of carboxylic acids is 1. The van der Waals surface area contributed by atoms with Crippen LogP contribution in [0.1, 0.15) is 22.3 Å². The number of carboxylic acid groups (broad SMARTS) is 1. The van der Waals surface area contributed by atoms with E-state index in [1.54, 1.807) is 12.1 Å². The monoisotopic (exact) mass is 221 g/mol. The largest absolute Gasteiger partial charge is 0.475 e. The Hall–Kier alpha value is -2.01. The van der Waals surface area contributed by atoms with E-state index < -0.39 is 24.0 Å². The second kappa shape index (κ2) is 5.18. The molecule has 0 fully saturated rings. The average Bonchev–Trinajstić information content (AvgIpc) is 2.28. The molecule has 0 aliphatic rings. The maximum absolute atomic E-state index is 11.4. The first-order valence-corrected chi connectivity index (χ1v) is 4.63. The predicted molar refractivity (Wildman–Crippen MR) is 55.9 cm³/mol. The summed E-state index contributed by atoms with van der Waals surface area (Å²) in [6, 6.07) is 6.39. The van der Waals surface area contributed by atoms with Crippen molar-refractivity contribution in [2.45, 2.75) is 13.0 Å². The molecule has 1 rings (SSSR count). The number of aliphatic carboxylic acids is 1. The van der Waals surface area contributed by atoms with Crippen LogP contribution in [0.5, 0.6) is 0 Å². The summed E-state index contributed by atoms with van der Waals surface area (Å²) in [5.41, 5.74) is 6.55. The van der Waals surface area contributed by atoms with Crippen LogP contribution in [0.15, 0.2) is 24.3 Å². The molecule has 1 aromatic rings. The molecule has 3 N–H and O–H groups in total. The van der Waals surface area contributed by atoms with Crippen LogP contribution in [0.2, 0.25) is 0 Å². The Morgan fingerprint density at radius 3 is 2.12 bits per heavy atom. The minimum atomic E-state index is -1.59. The molecule has 0 spiro atoms. The number of nitrogens with two attached hydrogens (primary N) is 1. The Bertz CT molecular complexity index is 422. The standard InChI is InChI=1S/C11H11NO4/c12-6-7-1-3-8(4-2-7)9(13)5-10(14)11(15)16/h1-4H,5-6,12H2,(H,15,16).